The molecule has 0 spiro atoms. The van der Waals surface area contributed by atoms with Crippen LogP contribution >= 0.6 is 7.60 Å². The number of rotatable bonds is 9. The van der Waals surface area contributed by atoms with Crippen molar-refractivity contribution in [2.24, 2.45) is 0 Å². The first-order valence-electron chi connectivity index (χ1n) is 8.67. The molecule has 29 heavy (non-hydrogen) atoms. The highest BCUT2D eigenvalue weighted by Crippen LogP contribution is 2.34. The zero-order chi connectivity index (χ0) is 21.6. The molecule has 2 aromatic rings. The van der Waals surface area contributed by atoms with Gasteiger partial charge in [-0.25, -0.2) is 17.7 Å². The summed E-state index contributed by atoms with van der Waals surface area (Å²) in [5, 5.41) is 0. The van der Waals surface area contributed by atoms with Gasteiger partial charge in [-0.3, -0.25) is 4.57 Å². The van der Waals surface area contributed by atoms with E-state index in [4.69, 9.17) is 14.5 Å². The van der Waals surface area contributed by atoms with Gasteiger partial charge in [0.05, 0.1) is 11.1 Å². The lowest BCUT2D eigenvalue weighted by Gasteiger charge is -2.10. The van der Waals surface area contributed by atoms with Crippen LogP contribution in [0.1, 0.15) is 25.8 Å². The van der Waals surface area contributed by atoms with Gasteiger partial charge in [-0.1, -0.05) is 11.6 Å². The van der Waals surface area contributed by atoms with Crippen LogP contribution in [-0.4, -0.2) is 26.7 Å². The van der Waals surface area contributed by atoms with E-state index in [0.717, 1.165) is 5.57 Å². The van der Waals surface area contributed by atoms with Crippen LogP contribution in [0.2, 0.25) is 0 Å². The zero-order valence-electron chi connectivity index (χ0n) is 15.9. The minimum atomic E-state index is -4.08. The number of hydrogen-bond acceptors (Lipinski definition) is 3. The van der Waals surface area contributed by atoms with Crippen molar-refractivity contribution in [1.82, 2.24) is 4.72 Å². The number of nitrogens with one attached hydrogen (secondary N) is 1. The second-order valence-corrected chi connectivity index (χ2v) is 9.59. The van der Waals surface area contributed by atoms with Gasteiger partial charge in [-0.05, 0) is 62.2 Å². The SMILES string of the molecule is CC(C)=Cc1cc(F)c(Oc2ccc(S(=O)NCCCP(=O)(O)O)cc2)c(F)c1. The highest BCUT2D eigenvalue weighted by molar-refractivity contribution is 7.83. The van der Waals surface area contributed by atoms with Gasteiger partial charge in [0.2, 0.25) is 0 Å². The van der Waals surface area contributed by atoms with Gasteiger partial charge in [0.15, 0.2) is 17.4 Å². The maximum Gasteiger partial charge on any atom is 0.325 e. The second kappa shape index (κ2) is 10.2. The minimum absolute atomic E-state index is 0.157. The number of halogens is 2. The first-order chi connectivity index (χ1) is 13.5. The lowest BCUT2D eigenvalue weighted by molar-refractivity contribution is 0.371. The van der Waals surface area contributed by atoms with Gasteiger partial charge in [0, 0.05) is 6.54 Å². The molecule has 158 valence electrons. The van der Waals surface area contributed by atoms with Crippen molar-refractivity contribution in [3.05, 3.63) is 59.2 Å². The van der Waals surface area contributed by atoms with Crippen molar-refractivity contribution >= 4 is 24.7 Å². The summed E-state index contributed by atoms with van der Waals surface area (Å²) in [4.78, 5) is 17.9. The summed E-state index contributed by atoms with van der Waals surface area (Å²) < 4.78 is 59.2. The molecule has 0 aliphatic rings. The first-order valence-corrected chi connectivity index (χ1v) is 11.6. The Morgan fingerprint density at radius 2 is 1.76 bits per heavy atom. The van der Waals surface area contributed by atoms with Gasteiger partial charge in [0.25, 0.3) is 0 Å². The predicted molar refractivity (Wildman–Crippen MR) is 108 cm³/mol. The van der Waals surface area contributed by atoms with Gasteiger partial charge in [-0.15, -0.1) is 0 Å². The molecule has 0 aliphatic carbocycles. The Morgan fingerprint density at radius 3 is 2.28 bits per heavy atom. The Labute approximate surface area is 170 Å². The lowest BCUT2D eigenvalue weighted by Crippen LogP contribution is -2.19. The molecule has 0 aliphatic heterocycles. The van der Waals surface area contributed by atoms with Crippen LogP contribution < -0.4 is 9.46 Å². The molecular formula is C19H22F2NO5PS. The van der Waals surface area contributed by atoms with E-state index in [1.807, 2.05) is 13.8 Å². The Morgan fingerprint density at radius 1 is 1.17 bits per heavy atom. The smallest absolute Gasteiger partial charge is 0.325 e. The fourth-order valence-electron chi connectivity index (χ4n) is 2.38. The van der Waals surface area contributed by atoms with E-state index in [1.165, 1.54) is 36.4 Å². The van der Waals surface area contributed by atoms with Gasteiger partial charge < -0.3 is 14.5 Å². The molecule has 2 rings (SSSR count). The molecule has 6 nitrogen and oxygen atoms in total. The van der Waals surface area contributed by atoms with Crippen LogP contribution in [0.5, 0.6) is 11.5 Å². The topological polar surface area (TPSA) is 95.9 Å². The Kier molecular flexibility index (Phi) is 8.24. The number of ether oxygens (including phenoxy) is 1. The van der Waals surface area contributed by atoms with E-state index in [1.54, 1.807) is 6.08 Å². The standard InChI is InChI=1S/C19H22F2NO5PS/c1-13(2)10-14-11-17(20)19(18(21)12-14)27-15-4-6-16(7-5-15)29(26)22-8-3-9-28(23,24)25/h4-7,10-12,22H,3,8-9H2,1-2H3,(H2,23,24,25). The van der Waals surface area contributed by atoms with Crippen molar-refractivity contribution < 1.29 is 32.1 Å². The molecule has 0 bridgehead atoms. The number of benzene rings is 2. The monoisotopic (exact) mass is 445 g/mol. The van der Waals surface area contributed by atoms with Crippen molar-refractivity contribution in [2.75, 3.05) is 12.7 Å². The van der Waals surface area contributed by atoms with E-state index in [0.29, 0.717) is 10.5 Å². The summed E-state index contributed by atoms with van der Waals surface area (Å²) in [6.45, 7) is 3.79. The van der Waals surface area contributed by atoms with Crippen LogP contribution in [0.3, 0.4) is 0 Å². The molecule has 0 radical (unpaired) electrons. The lowest BCUT2D eigenvalue weighted by atomic mass is 10.1. The average Bonchev–Trinajstić information content (AvgIpc) is 2.61. The third kappa shape index (κ3) is 7.79. The number of hydrogen-bond donors (Lipinski definition) is 3. The summed E-state index contributed by atoms with van der Waals surface area (Å²) in [7, 11) is -5.67. The van der Waals surface area contributed by atoms with Crippen molar-refractivity contribution in [3.8, 4) is 11.5 Å². The summed E-state index contributed by atoms with van der Waals surface area (Å²) in [5.74, 6) is -2.03. The Bertz CT molecular complexity index is 933. The first kappa shape index (κ1) is 23.4. The zero-order valence-corrected chi connectivity index (χ0v) is 17.6. The van der Waals surface area contributed by atoms with Gasteiger partial charge in [0.1, 0.15) is 16.7 Å². The summed E-state index contributed by atoms with van der Waals surface area (Å²) in [6.07, 6.45) is 1.51. The van der Waals surface area contributed by atoms with Crippen LogP contribution in [-0.2, 0) is 15.6 Å². The molecule has 0 heterocycles. The fourth-order valence-corrected chi connectivity index (χ4v) is 3.83. The third-order valence-electron chi connectivity index (χ3n) is 3.59. The maximum atomic E-state index is 14.2. The van der Waals surface area contributed by atoms with Crippen molar-refractivity contribution in [1.29, 1.82) is 0 Å². The normalized spacial score (nSPS) is 12.5. The van der Waals surface area contributed by atoms with Crippen LogP contribution in [0.25, 0.3) is 6.08 Å². The highest BCUT2D eigenvalue weighted by Gasteiger charge is 2.14. The Hall–Kier alpha value is -1.90. The number of allylic oxidation sites excluding steroid dienone is 1. The second-order valence-electron chi connectivity index (χ2n) is 6.51. The fraction of sp³-hybridized carbons (Fsp3) is 0.263. The Balaban J connectivity index is 2.01. The van der Waals surface area contributed by atoms with Gasteiger partial charge in [-0.2, -0.15) is 0 Å². The van der Waals surface area contributed by atoms with Crippen LogP contribution in [0.4, 0.5) is 8.78 Å². The molecule has 10 heteroatoms. The largest absolute Gasteiger partial charge is 0.451 e. The summed E-state index contributed by atoms with van der Waals surface area (Å²) in [6, 6.07) is 8.14. The molecular weight excluding hydrogens is 423 g/mol. The van der Waals surface area contributed by atoms with Crippen molar-refractivity contribution in [2.45, 2.75) is 25.2 Å². The van der Waals surface area contributed by atoms with Crippen LogP contribution in [0.15, 0.2) is 46.9 Å². The molecule has 0 saturated carbocycles. The van der Waals surface area contributed by atoms with E-state index in [9.17, 15) is 17.6 Å². The molecule has 0 fully saturated rings. The van der Waals surface area contributed by atoms with Crippen LogP contribution in [0, 0.1) is 11.6 Å². The molecule has 0 saturated heterocycles. The maximum absolute atomic E-state index is 14.2. The molecule has 0 aromatic heterocycles. The minimum Gasteiger partial charge on any atom is -0.451 e. The average molecular weight is 445 g/mol. The predicted octanol–water partition coefficient (Wildman–Crippen LogP) is 4.36. The summed E-state index contributed by atoms with van der Waals surface area (Å²) in [5.41, 5.74) is 1.29. The van der Waals surface area contributed by atoms with E-state index >= 15 is 0 Å². The molecule has 2 aromatic carbocycles. The highest BCUT2D eigenvalue weighted by atomic mass is 32.2. The molecule has 1 atom stereocenters. The molecule has 3 N–H and O–H groups in total. The summed E-state index contributed by atoms with van der Waals surface area (Å²) >= 11 is 0. The van der Waals surface area contributed by atoms with E-state index < -0.39 is 36.0 Å². The quantitative estimate of drug-likeness (QED) is 0.394. The molecule has 1 unspecified atom stereocenters. The van der Waals surface area contributed by atoms with E-state index in [2.05, 4.69) is 4.72 Å². The van der Waals surface area contributed by atoms with E-state index in [-0.39, 0.29) is 24.9 Å². The molecule has 0 amide bonds. The van der Waals surface area contributed by atoms with Crippen molar-refractivity contribution in [3.63, 3.8) is 0 Å². The van der Waals surface area contributed by atoms with Gasteiger partial charge >= 0.3 is 7.60 Å². The third-order valence-corrected chi connectivity index (χ3v) is 5.66.